The molecule has 0 heterocycles. The fourth-order valence-corrected chi connectivity index (χ4v) is 0.674. The molecule has 1 aromatic carbocycles. The van der Waals surface area contributed by atoms with Gasteiger partial charge in [-0.15, -0.1) is 0 Å². The highest BCUT2D eigenvalue weighted by atomic mass is 16.3. The number of hydrogen-bond acceptors (Lipinski definition) is 1. The van der Waals surface area contributed by atoms with Crippen LogP contribution >= 0.6 is 0 Å². The molecule has 9 heavy (non-hydrogen) atoms. The highest BCUT2D eigenvalue weighted by molar-refractivity contribution is 6.34. The minimum Gasteiger partial charge on any atom is -0.509 e. The molecule has 0 amide bonds. The lowest BCUT2D eigenvalue weighted by atomic mass is 9.94. The number of phenolic OH excluding ortho intramolecular Hbond substituents is 1. The molecule has 0 saturated heterocycles. The average molecular weight is 118 g/mol. The zero-order valence-corrected chi connectivity index (χ0v) is 5.26. The molecule has 1 aromatic rings. The highest BCUT2D eigenvalue weighted by Gasteiger charge is 1.91. The second-order valence-corrected chi connectivity index (χ2v) is 2.06. The van der Waals surface area contributed by atoms with Crippen LogP contribution in [-0.2, 0) is 0 Å². The van der Waals surface area contributed by atoms with Crippen molar-refractivity contribution in [2.45, 2.75) is 6.92 Å². The SMILES string of the molecule is [B]c1cc(C)ccc1O. The first-order valence-corrected chi connectivity index (χ1v) is 2.75. The number of benzene rings is 1. The number of aryl methyl sites for hydroxylation is 1. The predicted molar refractivity (Wildman–Crippen MR) is 38.2 cm³/mol. The Kier molecular flexibility index (Phi) is 1.47. The van der Waals surface area contributed by atoms with Gasteiger partial charge in [-0.25, -0.2) is 0 Å². The molecule has 0 aliphatic carbocycles. The minimum absolute atomic E-state index is 0.153. The van der Waals surface area contributed by atoms with Gasteiger partial charge in [0.2, 0.25) is 0 Å². The van der Waals surface area contributed by atoms with Crippen LogP contribution in [0.4, 0.5) is 0 Å². The van der Waals surface area contributed by atoms with E-state index >= 15 is 0 Å². The van der Waals surface area contributed by atoms with Gasteiger partial charge in [-0.2, -0.15) is 0 Å². The van der Waals surface area contributed by atoms with Crippen LogP contribution in [0.1, 0.15) is 5.56 Å². The summed E-state index contributed by atoms with van der Waals surface area (Å²) in [7, 11) is 5.37. The molecule has 0 fully saturated rings. The molecule has 0 unspecified atom stereocenters. The van der Waals surface area contributed by atoms with Gasteiger partial charge in [0.15, 0.2) is 0 Å². The third kappa shape index (κ3) is 1.25. The highest BCUT2D eigenvalue weighted by Crippen LogP contribution is 2.03. The summed E-state index contributed by atoms with van der Waals surface area (Å²) in [5, 5.41) is 8.92. The number of hydrogen-bond donors (Lipinski definition) is 1. The fraction of sp³-hybridized carbons (Fsp3) is 0.143. The average Bonchev–Trinajstić information content (AvgIpc) is 1.80. The van der Waals surface area contributed by atoms with Gasteiger partial charge in [0.05, 0.1) is 0 Å². The summed E-state index contributed by atoms with van der Waals surface area (Å²) in [6.45, 7) is 1.93. The first-order chi connectivity index (χ1) is 4.20. The van der Waals surface area contributed by atoms with Crippen LogP contribution in [-0.4, -0.2) is 13.0 Å². The van der Waals surface area contributed by atoms with Crippen molar-refractivity contribution in [3.63, 3.8) is 0 Å². The van der Waals surface area contributed by atoms with Gasteiger partial charge in [0, 0.05) is 0 Å². The van der Waals surface area contributed by atoms with Crippen molar-refractivity contribution in [2.75, 3.05) is 0 Å². The predicted octanol–water partition coefficient (Wildman–Crippen LogP) is 0.494. The molecule has 0 aromatic heterocycles. The quantitative estimate of drug-likeness (QED) is 0.491. The van der Waals surface area contributed by atoms with Crippen molar-refractivity contribution in [1.82, 2.24) is 0 Å². The molecule has 0 saturated carbocycles. The Morgan fingerprint density at radius 2 is 2.11 bits per heavy atom. The van der Waals surface area contributed by atoms with Gasteiger partial charge in [-0.3, -0.25) is 0 Å². The van der Waals surface area contributed by atoms with Crippen LogP contribution in [0.5, 0.6) is 5.75 Å². The molecule has 0 aliphatic rings. The van der Waals surface area contributed by atoms with Crippen LogP contribution in [0.3, 0.4) is 0 Å². The van der Waals surface area contributed by atoms with Crippen molar-refractivity contribution < 1.29 is 5.11 Å². The van der Waals surface area contributed by atoms with E-state index in [1.54, 1.807) is 12.1 Å². The van der Waals surface area contributed by atoms with Gasteiger partial charge in [0.1, 0.15) is 13.6 Å². The smallest absolute Gasteiger partial charge is 0.119 e. The van der Waals surface area contributed by atoms with Crippen LogP contribution in [0.2, 0.25) is 0 Å². The van der Waals surface area contributed by atoms with Gasteiger partial charge >= 0.3 is 0 Å². The number of rotatable bonds is 0. The van der Waals surface area contributed by atoms with E-state index in [1.807, 2.05) is 13.0 Å². The second kappa shape index (κ2) is 2.13. The Morgan fingerprint density at radius 1 is 1.44 bits per heavy atom. The summed E-state index contributed by atoms with van der Waals surface area (Å²) < 4.78 is 0. The Balaban J connectivity index is 3.17. The van der Waals surface area contributed by atoms with Crippen LogP contribution in [0, 0.1) is 6.92 Å². The van der Waals surface area contributed by atoms with Crippen LogP contribution in [0.25, 0.3) is 0 Å². The standard InChI is InChI=1S/C7H7BO/c1-5-2-3-7(9)6(8)4-5/h2-4,9H,1H3. The van der Waals surface area contributed by atoms with E-state index in [-0.39, 0.29) is 5.75 Å². The fourth-order valence-electron chi connectivity index (χ4n) is 0.674. The van der Waals surface area contributed by atoms with Gasteiger partial charge in [-0.05, 0) is 13.0 Å². The lowest BCUT2D eigenvalue weighted by molar-refractivity contribution is 0.479. The molecule has 0 aliphatic heterocycles. The van der Waals surface area contributed by atoms with E-state index < -0.39 is 0 Å². The largest absolute Gasteiger partial charge is 0.509 e. The van der Waals surface area contributed by atoms with E-state index in [4.69, 9.17) is 13.0 Å². The van der Waals surface area contributed by atoms with E-state index in [0.717, 1.165) is 5.56 Å². The van der Waals surface area contributed by atoms with Crippen molar-refractivity contribution >= 4 is 13.3 Å². The maximum atomic E-state index is 8.92. The van der Waals surface area contributed by atoms with Crippen molar-refractivity contribution in [1.29, 1.82) is 0 Å². The molecular formula is C7H7BO. The lowest BCUT2D eigenvalue weighted by Gasteiger charge is -1.97. The topological polar surface area (TPSA) is 20.2 Å². The first kappa shape index (κ1) is 6.21. The summed E-state index contributed by atoms with van der Waals surface area (Å²) in [6.07, 6.45) is 0. The molecule has 0 atom stereocenters. The third-order valence-electron chi connectivity index (χ3n) is 1.18. The van der Waals surface area contributed by atoms with Gasteiger partial charge in [0.25, 0.3) is 0 Å². The van der Waals surface area contributed by atoms with Gasteiger partial charge < -0.3 is 5.11 Å². The molecule has 1 nitrogen and oxygen atoms in total. The summed E-state index contributed by atoms with van der Waals surface area (Å²) in [6, 6.07) is 5.13. The zero-order chi connectivity index (χ0) is 6.85. The number of aromatic hydroxyl groups is 1. The first-order valence-electron chi connectivity index (χ1n) is 2.75. The molecule has 0 spiro atoms. The molecule has 0 bridgehead atoms. The van der Waals surface area contributed by atoms with E-state index in [0.29, 0.717) is 5.46 Å². The second-order valence-electron chi connectivity index (χ2n) is 2.06. The minimum atomic E-state index is 0.153. The van der Waals surface area contributed by atoms with E-state index in [9.17, 15) is 0 Å². The third-order valence-corrected chi connectivity index (χ3v) is 1.18. The van der Waals surface area contributed by atoms with E-state index in [2.05, 4.69) is 0 Å². The van der Waals surface area contributed by atoms with Gasteiger partial charge in [-0.1, -0.05) is 23.2 Å². The Hall–Kier alpha value is -0.915. The zero-order valence-electron chi connectivity index (χ0n) is 5.26. The van der Waals surface area contributed by atoms with Crippen LogP contribution in [0.15, 0.2) is 18.2 Å². The molecule has 2 heteroatoms. The lowest BCUT2D eigenvalue weighted by Crippen LogP contribution is -2.01. The summed E-state index contributed by atoms with van der Waals surface area (Å²) in [5.41, 5.74) is 1.50. The molecule has 1 rings (SSSR count). The summed E-state index contributed by atoms with van der Waals surface area (Å²) in [4.78, 5) is 0. The number of phenols is 1. The maximum Gasteiger partial charge on any atom is 0.119 e. The van der Waals surface area contributed by atoms with Crippen molar-refractivity contribution in [3.8, 4) is 5.75 Å². The Morgan fingerprint density at radius 3 is 2.56 bits per heavy atom. The molecule has 1 N–H and O–H groups in total. The molecule has 2 radical (unpaired) electrons. The Bertz CT molecular complexity index is 220. The van der Waals surface area contributed by atoms with Crippen LogP contribution < -0.4 is 5.46 Å². The summed E-state index contributed by atoms with van der Waals surface area (Å²) in [5.74, 6) is 0.153. The van der Waals surface area contributed by atoms with Crippen molar-refractivity contribution in [2.24, 2.45) is 0 Å². The Labute approximate surface area is 55.7 Å². The monoisotopic (exact) mass is 118 g/mol. The molecule has 44 valence electrons. The normalized spacial score (nSPS) is 9.44. The summed E-state index contributed by atoms with van der Waals surface area (Å²) >= 11 is 0. The van der Waals surface area contributed by atoms with Crippen molar-refractivity contribution in [3.05, 3.63) is 23.8 Å². The maximum absolute atomic E-state index is 8.92. The van der Waals surface area contributed by atoms with E-state index in [1.165, 1.54) is 0 Å². The molecular weight excluding hydrogens is 111 g/mol.